The van der Waals surface area contributed by atoms with Crippen LogP contribution in [0.1, 0.15) is 58.4 Å². The van der Waals surface area contributed by atoms with Gasteiger partial charge in [-0.05, 0) is 56.1 Å². The van der Waals surface area contributed by atoms with E-state index < -0.39 is 5.60 Å². The van der Waals surface area contributed by atoms with E-state index in [-0.39, 0.29) is 16.9 Å². The topological polar surface area (TPSA) is 57.2 Å². The molecule has 3 unspecified atom stereocenters. The number of phenols is 1. The van der Waals surface area contributed by atoms with E-state index in [1.165, 1.54) is 39.1 Å². The number of methoxy groups -OCH3 is 3. The summed E-state index contributed by atoms with van der Waals surface area (Å²) in [5, 5.41) is 10.7. The Morgan fingerprint density at radius 1 is 1.10 bits per heavy atom. The molecule has 0 aromatic heterocycles. The van der Waals surface area contributed by atoms with Crippen LogP contribution in [0.25, 0.3) is 6.08 Å². The average Bonchev–Trinajstić information content (AvgIpc) is 2.70. The summed E-state index contributed by atoms with van der Waals surface area (Å²) < 4.78 is 22.8. The van der Waals surface area contributed by atoms with Crippen molar-refractivity contribution in [2.24, 2.45) is 11.3 Å². The molecule has 1 aliphatic carbocycles. The fourth-order valence-electron chi connectivity index (χ4n) is 4.68. The van der Waals surface area contributed by atoms with Crippen LogP contribution >= 0.6 is 0 Å². The number of aromatic hydroxyl groups is 1. The molecule has 1 heterocycles. The van der Waals surface area contributed by atoms with Gasteiger partial charge in [-0.2, -0.15) is 0 Å². The van der Waals surface area contributed by atoms with Crippen molar-refractivity contribution in [2.45, 2.75) is 58.5 Å². The Hall–Kier alpha value is -2.30. The highest BCUT2D eigenvalue weighted by Gasteiger charge is 2.39. The second kappa shape index (κ2) is 7.85. The highest BCUT2D eigenvalue weighted by atomic mass is 16.6. The van der Waals surface area contributed by atoms with E-state index in [2.05, 4.69) is 27.4 Å². The third kappa shape index (κ3) is 3.67. The van der Waals surface area contributed by atoms with Crippen LogP contribution in [0.15, 0.2) is 18.2 Å². The lowest BCUT2D eigenvalue weighted by molar-refractivity contribution is 0.0982. The molecule has 1 aromatic rings. The van der Waals surface area contributed by atoms with Crippen molar-refractivity contribution in [1.29, 1.82) is 0 Å². The minimum Gasteiger partial charge on any atom is -0.504 e. The van der Waals surface area contributed by atoms with Crippen LogP contribution in [0.4, 0.5) is 0 Å². The van der Waals surface area contributed by atoms with Gasteiger partial charge in [0.15, 0.2) is 11.5 Å². The van der Waals surface area contributed by atoms with Crippen molar-refractivity contribution in [3.8, 4) is 28.7 Å². The summed E-state index contributed by atoms with van der Waals surface area (Å²) in [7, 11) is 4.56. The Morgan fingerprint density at radius 3 is 2.38 bits per heavy atom. The first-order valence-electron chi connectivity index (χ1n) is 10.3. The van der Waals surface area contributed by atoms with Crippen LogP contribution in [0.3, 0.4) is 0 Å². The van der Waals surface area contributed by atoms with E-state index in [1.54, 1.807) is 7.11 Å². The summed E-state index contributed by atoms with van der Waals surface area (Å²) in [6, 6.07) is 0. The van der Waals surface area contributed by atoms with Crippen LogP contribution in [0.5, 0.6) is 28.7 Å². The highest BCUT2D eigenvalue weighted by Crippen LogP contribution is 2.56. The minimum atomic E-state index is -0.518. The number of hydrogen-bond donors (Lipinski definition) is 1. The molecule has 1 saturated carbocycles. The van der Waals surface area contributed by atoms with Crippen molar-refractivity contribution in [1.82, 2.24) is 0 Å². The maximum absolute atomic E-state index is 10.7. The zero-order chi connectivity index (χ0) is 21.4. The van der Waals surface area contributed by atoms with Crippen molar-refractivity contribution < 1.29 is 24.1 Å². The molecule has 1 aliphatic heterocycles. The fourth-order valence-corrected chi connectivity index (χ4v) is 4.68. The van der Waals surface area contributed by atoms with Crippen LogP contribution < -0.4 is 18.9 Å². The maximum Gasteiger partial charge on any atom is 0.211 e. The van der Waals surface area contributed by atoms with Gasteiger partial charge in [0, 0.05) is 0 Å². The third-order valence-electron chi connectivity index (χ3n) is 6.79. The predicted octanol–water partition coefficient (Wildman–Crippen LogP) is 5.75. The number of ether oxygens (including phenoxy) is 4. The molecule has 5 heteroatoms. The molecular formula is C24H34O5. The summed E-state index contributed by atoms with van der Waals surface area (Å²) in [6.45, 7) is 11.1. The van der Waals surface area contributed by atoms with Gasteiger partial charge in [0.05, 0.1) is 26.9 Å². The summed E-state index contributed by atoms with van der Waals surface area (Å²) in [5.41, 5.74) is 1.51. The van der Waals surface area contributed by atoms with E-state index in [1.807, 2.05) is 12.2 Å². The van der Waals surface area contributed by atoms with Gasteiger partial charge in [-0.15, -0.1) is 0 Å². The highest BCUT2D eigenvalue weighted by molar-refractivity contribution is 5.79. The van der Waals surface area contributed by atoms with E-state index in [0.717, 1.165) is 12.8 Å². The molecule has 1 aromatic carbocycles. The van der Waals surface area contributed by atoms with Crippen LogP contribution in [0, 0.1) is 11.3 Å². The zero-order valence-electron chi connectivity index (χ0n) is 18.6. The van der Waals surface area contributed by atoms with E-state index in [9.17, 15) is 5.11 Å². The second-order valence-electron chi connectivity index (χ2n) is 8.82. The summed E-state index contributed by atoms with van der Waals surface area (Å²) in [4.78, 5) is 0. The number of phenolic OH excluding ortho intramolecular Hbond substituents is 1. The normalized spacial score (nSPS) is 28.5. The molecule has 3 rings (SSSR count). The lowest BCUT2D eigenvalue weighted by atomic mass is 9.65. The molecule has 0 spiro atoms. The Balaban J connectivity index is 1.91. The predicted molar refractivity (Wildman–Crippen MR) is 115 cm³/mol. The Morgan fingerprint density at radius 2 is 1.76 bits per heavy atom. The second-order valence-corrected chi connectivity index (χ2v) is 8.82. The van der Waals surface area contributed by atoms with Gasteiger partial charge in [0.25, 0.3) is 0 Å². The van der Waals surface area contributed by atoms with E-state index >= 15 is 0 Å². The fraction of sp³-hybridized carbons (Fsp3) is 0.583. The van der Waals surface area contributed by atoms with Gasteiger partial charge in [-0.1, -0.05) is 32.4 Å². The zero-order valence-corrected chi connectivity index (χ0v) is 18.6. The van der Waals surface area contributed by atoms with Crippen LogP contribution in [-0.4, -0.2) is 32.0 Å². The van der Waals surface area contributed by atoms with Crippen molar-refractivity contribution >= 4 is 6.08 Å². The van der Waals surface area contributed by atoms with E-state index in [0.29, 0.717) is 28.7 Å². The quantitative estimate of drug-likeness (QED) is 0.615. The van der Waals surface area contributed by atoms with Crippen LogP contribution in [0.2, 0.25) is 0 Å². The molecular weight excluding hydrogens is 368 g/mol. The number of fused-ring (bicyclic) bond motifs is 1. The van der Waals surface area contributed by atoms with Gasteiger partial charge in [0.1, 0.15) is 5.60 Å². The standard InChI is InChI=1S/C24H34O5/c1-15-9-8-11-23(3,16(15)2)13-14-24(4)12-10-17-18(25)20(26-5)22(28-7)21(27-6)19(17)29-24/h10,12,15,25H,2,8-9,11,13-14H2,1,3-7H3. The Bertz CT molecular complexity index is 827. The first-order chi connectivity index (χ1) is 13.7. The number of hydrogen-bond acceptors (Lipinski definition) is 5. The maximum atomic E-state index is 10.7. The first-order valence-corrected chi connectivity index (χ1v) is 10.3. The number of benzene rings is 1. The Kier molecular flexibility index (Phi) is 5.79. The van der Waals surface area contributed by atoms with Crippen LogP contribution in [-0.2, 0) is 0 Å². The molecule has 5 nitrogen and oxygen atoms in total. The SMILES string of the molecule is C=C1C(C)CCCC1(C)CCC1(C)C=Cc2c(O)c(OC)c(OC)c(OC)c2O1. The van der Waals surface area contributed by atoms with Gasteiger partial charge in [-0.3, -0.25) is 0 Å². The third-order valence-corrected chi connectivity index (χ3v) is 6.79. The smallest absolute Gasteiger partial charge is 0.211 e. The number of allylic oxidation sites excluding steroid dienone is 1. The van der Waals surface area contributed by atoms with Gasteiger partial charge in [0.2, 0.25) is 17.2 Å². The van der Waals surface area contributed by atoms with Crippen molar-refractivity contribution in [3.63, 3.8) is 0 Å². The van der Waals surface area contributed by atoms with E-state index in [4.69, 9.17) is 18.9 Å². The monoisotopic (exact) mass is 402 g/mol. The molecule has 0 saturated heterocycles. The van der Waals surface area contributed by atoms with Gasteiger partial charge >= 0.3 is 0 Å². The molecule has 0 bridgehead atoms. The lowest BCUT2D eigenvalue weighted by Gasteiger charge is -2.42. The molecule has 2 aliphatic rings. The van der Waals surface area contributed by atoms with Gasteiger partial charge < -0.3 is 24.1 Å². The van der Waals surface area contributed by atoms with Crippen molar-refractivity contribution in [3.05, 3.63) is 23.8 Å². The molecule has 0 radical (unpaired) electrons. The minimum absolute atomic E-state index is 0.0140. The number of rotatable bonds is 6. The molecule has 1 fully saturated rings. The Labute approximate surface area is 174 Å². The molecule has 29 heavy (non-hydrogen) atoms. The summed E-state index contributed by atoms with van der Waals surface area (Å²) >= 11 is 0. The molecule has 160 valence electrons. The largest absolute Gasteiger partial charge is 0.504 e. The van der Waals surface area contributed by atoms with Gasteiger partial charge in [-0.25, -0.2) is 0 Å². The molecule has 1 N–H and O–H groups in total. The lowest BCUT2D eigenvalue weighted by Crippen LogP contribution is -2.36. The first kappa shape index (κ1) is 21.4. The summed E-state index contributed by atoms with van der Waals surface area (Å²) in [6.07, 6.45) is 9.37. The molecule has 0 amide bonds. The average molecular weight is 403 g/mol. The molecule has 3 atom stereocenters. The van der Waals surface area contributed by atoms with Crippen molar-refractivity contribution in [2.75, 3.05) is 21.3 Å². The summed E-state index contributed by atoms with van der Waals surface area (Å²) in [5.74, 6) is 2.02.